The maximum atomic E-state index is 9.31. The summed E-state index contributed by atoms with van der Waals surface area (Å²) in [6, 6.07) is 8.16. The summed E-state index contributed by atoms with van der Waals surface area (Å²) >= 11 is 0. The van der Waals surface area contributed by atoms with Crippen molar-refractivity contribution >= 4 is 17.0 Å². The summed E-state index contributed by atoms with van der Waals surface area (Å²) in [5, 5.41) is 11.7. The molecule has 0 radical (unpaired) electrons. The molecule has 2 heterocycles. The van der Waals surface area contributed by atoms with Crippen molar-refractivity contribution in [2.24, 2.45) is 0 Å². The molecule has 0 unspecified atom stereocenters. The van der Waals surface area contributed by atoms with Crippen LogP contribution in [0, 0.1) is 0 Å². The number of para-hydroxylation sites is 1. The van der Waals surface area contributed by atoms with Gasteiger partial charge in [-0.05, 0) is 12.1 Å². The van der Waals surface area contributed by atoms with Gasteiger partial charge in [0.1, 0.15) is 0 Å². The molecule has 70 valence electrons. The molecule has 1 aliphatic heterocycles. The van der Waals surface area contributed by atoms with Crippen LogP contribution in [0.3, 0.4) is 0 Å². The zero-order valence-corrected chi connectivity index (χ0v) is 7.57. The molecule has 2 N–H and O–H groups in total. The van der Waals surface area contributed by atoms with E-state index in [9.17, 15) is 5.21 Å². The van der Waals surface area contributed by atoms with Crippen molar-refractivity contribution in [3.8, 4) is 0 Å². The monoisotopic (exact) mass is 186 g/mol. The van der Waals surface area contributed by atoms with Gasteiger partial charge in [0, 0.05) is 28.4 Å². The minimum absolute atomic E-state index is 0.528. The average Bonchev–Trinajstić information content (AvgIpc) is 2.54. The van der Waals surface area contributed by atoms with Crippen LogP contribution in [-0.4, -0.2) is 15.3 Å². The van der Waals surface area contributed by atoms with Crippen molar-refractivity contribution in [1.29, 1.82) is 0 Å². The van der Waals surface area contributed by atoms with Gasteiger partial charge in [-0.25, -0.2) is 0 Å². The second-order valence-corrected chi connectivity index (χ2v) is 3.48. The lowest BCUT2D eigenvalue weighted by Gasteiger charge is -2.15. The molecule has 0 amide bonds. The summed E-state index contributed by atoms with van der Waals surface area (Å²) in [5.41, 5.74) is 3.37. The van der Waals surface area contributed by atoms with Crippen molar-refractivity contribution in [3.05, 3.63) is 41.7 Å². The van der Waals surface area contributed by atoms with E-state index in [1.165, 1.54) is 16.0 Å². The van der Waals surface area contributed by atoms with Crippen LogP contribution in [-0.2, 0) is 6.54 Å². The molecule has 14 heavy (non-hydrogen) atoms. The average molecular weight is 186 g/mol. The molecule has 0 saturated carbocycles. The fourth-order valence-corrected chi connectivity index (χ4v) is 1.91. The second-order valence-electron chi connectivity index (χ2n) is 3.48. The van der Waals surface area contributed by atoms with Gasteiger partial charge in [0.05, 0.1) is 6.54 Å². The van der Waals surface area contributed by atoms with Crippen LogP contribution < -0.4 is 0 Å². The number of benzene rings is 1. The van der Waals surface area contributed by atoms with E-state index in [0.717, 1.165) is 11.2 Å². The quantitative estimate of drug-likeness (QED) is 0.662. The molecule has 0 spiro atoms. The molecule has 2 aromatic rings. The Bertz CT molecular complexity index is 513. The second kappa shape index (κ2) is 2.62. The number of aromatic nitrogens is 1. The Labute approximate surface area is 81.2 Å². The van der Waals surface area contributed by atoms with Gasteiger partial charge in [0.25, 0.3) is 0 Å². The lowest BCUT2D eigenvalue weighted by Crippen LogP contribution is -2.14. The van der Waals surface area contributed by atoms with Crippen LogP contribution in [0.25, 0.3) is 17.0 Å². The van der Waals surface area contributed by atoms with E-state index in [2.05, 4.69) is 11.1 Å². The van der Waals surface area contributed by atoms with Crippen LogP contribution in [0.2, 0.25) is 0 Å². The van der Waals surface area contributed by atoms with Crippen LogP contribution in [0.4, 0.5) is 0 Å². The van der Waals surface area contributed by atoms with Gasteiger partial charge in [0.15, 0.2) is 0 Å². The van der Waals surface area contributed by atoms with E-state index in [4.69, 9.17) is 0 Å². The molecule has 1 aliphatic rings. The highest BCUT2D eigenvalue weighted by Crippen LogP contribution is 2.26. The Morgan fingerprint density at radius 3 is 3.07 bits per heavy atom. The number of hydrogen-bond acceptors (Lipinski definition) is 2. The molecular formula is C11H10N2O. The molecule has 3 heteroatoms. The van der Waals surface area contributed by atoms with Crippen LogP contribution >= 0.6 is 0 Å². The lowest BCUT2D eigenvalue weighted by atomic mass is 10.1. The Hall–Kier alpha value is -1.74. The number of aromatic amines is 1. The Morgan fingerprint density at radius 1 is 1.29 bits per heavy atom. The number of nitrogens with zero attached hydrogens (tertiary/aromatic N) is 1. The van der Waals surface area contributed by atoms with E-state index in [0.29, 0.717) is 6.54 Å². The molecule has 1 aromatic carbocycles. The predicted molar refractivity (Wildman–Crippen MR) is 54.7 cm³/mol. The molecule has 0 fully saturated rings. The molecule has 0 aliphatic carbocycles. The minimum atomic E-state index is 0.528. The maximum absolute atomic E-state index is 9.31. The number of H-pyrrole nitrogens is 1. The predicted octanol–water partition coefficient (Wildman–Crippen LogP) is 2.34. The van der Waals surface area contributed by atoms with E-state index in [1.807, 2.05) is 24.3 Å². The van der Waals surface area contributed by atoms with Gasteiger partial charge in [-0.1, -0.05) is 18.2 Å². The zero-order chi connectivity index (χ0) is 9.54. The summed E-state index contributed by atoms with van der Waals surface area (Å²) < 4.78 is 0. The molecule has 1 aromatic heterocycles. The van der Waals surface area contributed by atoms with Gasteiger partial charge in [-0.3, -0.25) is 10.3 Å². The normalized spacial score (nSPS) is 14.8. The standard InChI is InChI=1S/C11H10N2O/c14-13-6-5-9-8-3-1-2-4-10(8)12-11(9)7-13/h1-6,12,14H,7H2. The van der Waals surface area contributed by atoms with Crippen LogP contribution in [0.1, 0.15) is 11.3 Å². The lowest BCUT2D eigenvalue weighted by molar-refractivity contribution is -0.0502. The van der Waals surface area contributed by atoms with Crippen molar-refractivity contribution in [2.75, 3.05) is 0 Å². The third-order valence-corrected chi connectivity index (χ3v) is 2.56. The number of nitrogens with one attached hydrogen (secondary N) is 1. The highest BCUT2D eigenvalue weighted by atomic mass is 16.5. The molecule has 0 saturated heterocycles. The van der Waals surface area contributed by atoms with E-state index >= 15 is 0 Å². The maximum Gasteiger partial charge on any atom is 0.0852 e. The molecule has 0 bridgehead atoms. The highest BCUT2D eigenvalue weighted by molar-refractivity contribution is 5.90. The first-order valence-corrected chi connectivity index (χ1v) is 4.58. The van der Waals surface area contributed by atoms with Crippen molar-refractivity contribution in [3.63, 3.8) is 0 Å². The Morgan fingerprint density at radius 2 is 2.14 bits per heavy atom. The fraction of sp³-hybridized carbons (Fsp3) is 0.0909. The summed E-state index contributed by atoms with van der Waals surface area (Å²) in [6.45, 7) is 0.528. The summed E-state index contributed by atoms with van der Waals surface area (Å²) in [5.74, 6) is 0. The molecular weight excluding hydrogens is 176 g/mol. The summed E-state index contributed by atoms with van der Waals surface area (Å²) in [6.07, 6.45) is 3.61. The minimum Gasteiger partial charge on any atom is -0.356 e. The van der Waals surface area contributed by atoms with Crippen molar-refractivity contribution in [1.82, 2.24) is 10.0 Å². The summed E-state index contributed by atoms with van der Waals surface area (Å²) in [4.78, 5) is 3.29. The van der Waals surface area contributed by atoms with E-state index < -0.39 is 0 Å². The summed E-state index contributed by atoms with van der Waals surface area (Å²) in [7, 11) is 0. The van der Waals surface area contributed by atoms with Gasteiger partial charge in [-0.2, -0.15) is 0 Å². The van der Waals surface area contributed by atoms with Gasteiger partial charge < -0.3 is 4.98 Å². The first-order valence-electron chi connectivity index (χ1n) is 4.58. The smallest absolute Gasteiger partial charge is 0.0852 e. The first kappa shape index (κ1) is 7.64. The van der Waals surface area contributed by atoms with Gasteiger partial charge >= 0.3 is 0 Å². The number of hydroxylamine groups is 2. The van der Waals surface area contributed by atoms with Gasteiger partial charge in [0.2, 0.25) is 0 Å². The van der Waals surface area contributed by atoms with Crippen molar-refractivity contribution < 1.29 is 5.21 Å². The highest BCUT2D eigenvalue weighted by Gasteiger charge is 2.13. The van der Waals surface area contributed by atoms with Crippen molar-refractivity contribution in [2.45, 2.75) is 6.54 Å². The van der Waals surface area contributed by atoms with Crippen LogP contribution in [0.5, 0.6) is 0 Å². The zero-order valence-electron chi connectivity index (χ0n) is 7.57. The molecule has 3 rings (SSSR count). The largest absolute Gasteiger partial charge is 0.356 e. The van der Waals surface area contributed by atoms with E-state index in [-0.39, 0.29) is 0 Å². The Kier molecular flexibility index (Phi) is 1.43. The number of fused-ring (bicyclic) bond motifs is 3. The third-order valence-electron chi connectivity index (χ3n) is 2.56. The first-order chi connectivity index (χ1) is 6.84. The third kappa shape index (κ3) is 0.961. The number of rotatable bonds is 0. The fourth-order valence-electron chi connectivity index (χ4n) is 1.91. The van der Waals surface area contributed by atoms with Gasteiger partial charge in [-0.15, -0.1) is 0 Å². The van der Waals surface area contributed by atoms with Crippen LogP contribution in [0.15, 0.2) is 30.5 Å². The molecule has 0 atom stereocenters. The number of hydrogen-bond donors (Lipinski definition) is 2. The topological polar surface area (TPSA) is 39.3 Å². The Balaban J connectivity index is 2.32. The SMILES string of the molecule is ON1C=Cc2c([nH]c3ccccc23)C1. The van der Waals surface area contributed by atoms with E-state index in [1.54, 1.807) is 6.20 Å². The molecule has 3 nitrogen and oxygen atoms in total.